The van der Waals surface area contributed by atoms with Crippen LogP contribution in [0.25, 0.3) is 10.8 Å². The van der Waals surface area contributed by atoms with Crippen molar-refractivity contribution in [3.63, 3.8) is 0 Å². The zero-order chi connectivity index (χ0) is 16.4. The van der Waals surface area contributed by atoms with E-state index in [0.29, 0.717) is 22.0 Å². The van der Waals surface area contributed by atoms with Crippen molar-refractivity contribution in [1.29, 1.82) is 0 Å². The largest absolute Gasteiger partial charge is 0.506 e. The number of hydrogen-bond acceptors (Lipinski definition) is 3. The third-order valence-electron chi connectivity index (χ3n) is 3.43. The Balaban J connectivity index is 2.00. The van der Waals surface area contributed by atoms with Crippen LogP contribution >= 0.6 is 11.6 Å². The summed E-state index contributed by atoms with van der Waals surface area (Å²) in [6, 6.07) is 17.3. The molecule has 0 spiro atoms. The predicted molar refractivity (Wildman–Crippen MR) is 93.3 cm³/mol. The molecule has 0 bridgehead atoms. The average Bonchev–Trinajstić information content (AvgIpc) is 2.52. The second kappa shape index (κ2) is 6.10. The molecule has 0 saturated heterocycles. The van der Waals surface area contributed by atoms with Crippen LogP contribution in [0, 0.1) is 0 Å². The van der Waals surface area contributed by atoms with Gasteiger partial charge in [-0.05, 0) is 11.6 Å². The molecule has 0 aliphatic rings. The number of halogens is 1. The molecule has 0 amide bonds. The van der Waals surface area contributed by atoms with E-state index in [4.69, 9.17) is 11.6 Å². The van der Waals surface area contributed by atoms with E-state index in [-0.39, 0.29) is 16.5 Å². The Morgan fingerprint density at radius 2 is 1.57 bits per heavy atom. The van der Waals surface area contributed by atoms with Crippen LogP contribution in [0.2, 0.25) is 5.02 Å². The fourth-order valence-corrected chi connectivity index (χ4v) is 3.83. The van der Waals surface area contributed by atoms with Crippen LogP contribution in [-0.4, -0.2) is 13.5 Å². The molecule has 23 heavy (non-hydrogen) atoms. The van der Waals surface area contributed by atoms with Gasteiger partial charge in [0, 0.05) is 10.8 Å². The molecule has 6 heteroatoms. The lowest BCUT2D eigenvalue weighted by atomic mass is 10.1. The number of benzene rings is 3. The minimum atomic E-state index is -3.60. The number of fused-ring (bicyclic) bond motifs is 1. The minimum absolute atomic E-state index is 0.0618. The number of phenolic OH excluding ortho intramolecular Hbond substituents is 1. The van der Waals surface area contributed by atoms with Gasteiger partial charge in [-0.3, -0.25) is 4.72 Å². The van der Waals surface area contributed by atoms with E-state index in [1.54, 1.807) is 48.5 Å². The lowest BCUT2D eigenvalue weighted by Gasteiger charge is -2.13. The summed E-state index contributed by atoms with van der Waals surface area (Å²) in [5.41, 5.74) is 1.04. The Morgan fingerprint density at radius 3 is 2.26 bits per heavy atom. The summed E-state index contributed by atoms with van der Waals surface area (Å²) in [5.74, 6) is -0.200. The van der Waals surface area contributed by atoms with Gasteiger partial charge in [-0.15, -0.1) is 0 Å². The zero-order valence-corrected chi connectivity index (χ0v) is 13.6. The van der Waals surface area contributed by atoms with Crippen LogP contribution in [0.1, 0.15) is 5.56 Å². The van der Waals surface area contributed by atoms with Gasteiger partial charge in [0.05, 0.1) is 16.5 Å². The first kappa shape index (κ1) is 15.6. The topological polar surface area (TPSA) is 66.4 Å². The highest BCUT2D eigenvalue weighted by atomic mass is 35.5. The molecular weight excluding hydrogens is 334 g/mol. The first-order valence-electron chi connectivity index (χ1n) is 6.91. The van der Waals surface area contributed by atoms with Crippen molar-refractivity contribution in [3.05, 3.63) is 71.2 Å². The number of hydrogen-bond donors (Lipinski definition) is 2. The van der Waals surface area contributed by atoms with Gasteiger partial charge < -0.3 is 5.11 Å². The van der Waals surface area contributed by atoms with E-state index in [1.807, 2.05) is 6.07 Å². The van der Waals surface area contributed by atoms with Crippen LogP contribution < -0.4 is 4.72 Å². The van der Waals surface area contributed by atoms with Gasteiger partial charge in [-0.25, -0.2) is 8.42 Å². The fraction of sp³-hybridized carbons (Fsp3) is 0.0588. The molecule has 3 aromatic carbocycles. The zero-order valence-electron chi connectivity index (χ0n) is 12.0. The number of sulfonamides is 1. The molecule has 0 saturated carbocycles. The van der Waals surface area contributed by atoms with Gasteiger partial charge in [0.2, 0.25) is 10.0 Å². The van der Waals surface area contributed by atoms with Crippen LogP contribution in [0.15, 0.2) is 60.7 Å². The number of aromatic hydroxyl groups is 1. The molecule has 0 unspecified atom stereocenters. The standard InChI is InChI=1S/C17H14ClNO3S/c18-15-10-16(13-8-4-5-9-14(13)17(15)20)19-23(21,22)11-12-6-2-1-3-7-12/h1-10,19-20H,11H2. The van der Waals surface area contributed by atoms with Gasteiger partial charge in [-0.2, -0.15) is 0 Å². The van der Waals surface area contributed by atoms with Crippen molar-refractivity contribution in [1.82, 2.24) is 0 Å². The Bertz CT molecular complexity index is 956. The SMILES string of the molecule is O=S(=O)(Cc1ccccc1)Nc1cc(Cl)c(O)c2ccccc12. The lowest BCUT2D eigenvalue weighted by molar-refractivity contribution is 0.482. The number of nitrogens with one attached hydrogen (secondary N) is 1. The normalized spacial score (nSPS) is 11.5. The first-order valence-corrected chi connectivity index (χ1v) is 8.94. The second-order valence-corrected chi connectivity index (χ2v) is 7.28. The third kappa shape index (κ3) is 3.41. The highest BCUT2D eigenvalue weighted by Crippen LogP contribution is 2.37. The number of anilines is 1. The van der Waals surface area contributed by atoms with Gasteiger partial charge in [0.1, 0.15) is 5.75 Å². The van der Waals surface area contributed by atoms with Crippen molar-refractivity contribution in [3.8, 4) is 5.75 Å². The summed E-state index contributed by atoms with van der Waals surface area (Å²) in [5, 5.41) is 11.2. The van der Waals surface area contributed by atoms with Crippen LogP contribution in [0.5, 0.6) is 5.75 Å². The van der Waals surface area contributed by atoms with E-state index in [2.05, 4.69) is 4.72 Å². The average molecular weight is 348 g/mol. The molecule has 3 aromatic rings. The first-order chi connectivity index (χ1) is 11.0. The molecule has 0 radical (unpaired) electrons. The van der Waals surface area contributed by atoms with E-state index < -0.39 is 10.0 Å². The summed E-state index contributed by atoms with van der Waals surface area (Å²) in [7, 11) is -3.60. The molecule has 118 valence electrons. The smallest absolute Gasteiger partial charge is 0.236 e. The van der Waals surface area contributed by atoms with Gasteiger partial charge in [-0.1, -0.05) is 66.2 Å². The number of phenols is 1. The van der Waals surface area contributed by atoms with E-state index in [1.165, 1.54) is 6.07 Å². The van der Waals surface area contributed by atoms with Crippen molar-refractivity contribution in [2.24, 2.45) is 0 Å². The molecule has 0 aromatic heterocycles. The summed E-state index contributed by atoms with van der Waals surface area (Å²) in [6.07, 6.45) is 0. The van der Waals surface area contributed by atoms with Crippen LogP contribution in [0.3, 0.4) is 0 Å². The fourth-order valence-electron chi connectivity index (χ4n) is 2.41. The Kier molecular flexibility index (Phi) is 4.15. The molecule has 0 fully saturated rings. The molecule has 0 aliphatic heterocycles. The number of rotatable bonds is 4. The minimum Gasteiger partial charge on any atom is -0.506 e. The molecule has 0 heterocycles. The van der Waals surface area contributed by atoms with Crippen molar-refractivity contribution in [2.75, 3.05) is 4.72 Å². The summed E-state index contributed by atoms with van der Waals surface area (Å²) < 4.78 is 27.3. The molecule has 2 N–H and O–H groups in total. The highest BCUT2D eigenvalue weighted by Gasteiger charge is 2.16. The van der Waals surface area contributed by atoms with Crippen molar-refractivity contribution >= 4 is 38.1 Å². The van der Waals surface area contributed by atoms with Crippen molar-refractivity contribution < 1.29 is 13.5 Å². The maximum atomic E-state index is 12.4. The molecule has 0 aliphatic carbocycles. The van der Waals surface area contributed by atoms with E-state index in [0.717, 1.165) is 0 Å². The monoisotopic (exact) mass is 347 g/mol. The third-order valence-corrected chi connectivity index (χ3v) is 4.97. The maximum absolute atomic E-state index is 12.4. The maximum Gasteiger partial charge on any atom is 0.236 e. The van der Waals surface area contributed by atoms with Gasteiger partial charge >= 0.3 is 0 Å². The quantitative estimate of drug-likeness (QED) is 0.697. The second-order valence-electron chi connectivity index (χ2n) is 5.15. The van der Waals surface area contributed by atoms with Gasteiger partial charge in [0.25, 0.3) is 0 Å². The predicted octanol–water partition coefficient (Wildman–Crippen LogP) is 4.14. The summed E-state index contributed by atoms with van der Waals surface area (Å²) in [4.78, 5) is 0. The molecular formula is C17H14ClNO3S. The molecule has 4 nitrogen and oxygen atoms in total. The Labute approximate surface area is 139 Å². The Hall–Kier alpha value is -2.24. The van der Waals surface area contributed by atoms with Crippen LogP contribution in [-0.2, 0) is 15.8 Å². The van der Waals surface area contributed by atoms with Crippen LogP contribution in [0.4, 0.5) is 5.69 Å². The highest BCUT2D eigenvalue weighted by molar-refractivity contribution is 7.91. The van der Waals surface area contributed by atoms with Gasteiger partial charge in [0.15, 0.2) is 0 Å². The van der Waals surface area contributed by atoms with E-state index >= 15 is 0 Å². The van der Waals surface area contributed by atoms with E-state index in [9.17, 15) is 13.5 Å². The summed E-state index contributed by atoms with van der Waals surface area (Å²) >= 11 is 6.00. The molecule has 3 rings (SSSR count). The lowest BCUT2D eigenvalue weighted by Crippen LogP contribution is -2.15. The van der Waals surface area contributed by atoms with Crippen molar-refractivity contribution in [2.45, 2.75) is 5.75 Å². The molecule has 0 atom stereocenters. The Morgan fingerprint density at radius 1 is 0.957 bits per heavy atom. The summed E-state index contributed by atoms with van der Waals surface area (Å²) in [6.45, 7) is 0.